The van der Waals surface area contributed by atoms with Crippen molar-refractivity contribution in [3.05, 3.63) is 57.1 Å². The van der Waals surface area contributed by atoms with Crippen molar-refractivity contribution >= 4 is 40.3 Å². The van der Waals surface area contributed by atoms with E-state index < -0.39 is 0 Å². The van der Waals surface area contributed by atoms with Crippen molar-refractivity contribution in [2.45, 2.75) is 6.42 Å². The Morgan fingerprint density at radius 3 is 2.59 bits per heavy atom. The number of hydrogen-bond acceptors (Lipinski definition) is 5. The number of carbonyl (C=O) groups is 2. The predicted molar refractivity (Wildman–Crippen MR) is 89.1 cm³/mol. The van der Waals surface area contributed by atoms with Crippen molar-refractivity contribution in [3.8, 4) is 5.75 Å². The van der Waals surface area contributed by atoms with Gasteiger partial charge in [-0.25, -0.2) is 0 Å². The van der Waals surface area contributed by atoms with E-state index in [2.05, 4.69) is 22.1 Å². The van der Waals surface area contributed by atoms with Crippen LogP contribution in [0.2, 0.25) is 0 Å². The maximum atomic E-state index is 11.5. The molecule has 1 aromatic carbocycles. The fourth-order valence-corrected chi connectivity index (χ4v) is 3.34. The number of benzene rings is 1. The second kappa shape index (κ2) is 6.81. The van der Waals surface area contributed by atoms with Gasteiger partial charge in [0.2, 0.25) is 0 Å². The van der Waals surface area contributed by atoms with Gasteiger partial charge in [-0.05, 0) is 57.9 Å². The Bertz CT molecular complexity index is 706. The first-order chi connectivity index (χ1) is 10.7. The monoisotopic (exact) mass is 331 g/mol. The van der Waals surface area contributed by atoms with Crippen LogP contribution in [0.25, 0.3) is 6.08 Å². The molecule has 112 valence electrons. The van der Waals surface area contributed by atoms with Crippen molar-refractivity contribution in [3.63, 3.8) is 0 Å². The third kappa shape index (κ3) is 3.78. The van der Waals surface area contributed by atoms with E-state index in [1.54, 1.807) is 17.4 Å². The lowest BCUT2D eigenvalue weighted by Gasteiger charge is -2.05. The van der Waals surface area contributed by atoms with Crippen molar-refractivity contribution < 1.29 is 14.3 Å². The quantitative estimate of drug-likeness (QED) is 0.849. The molecule has 0 saturated carbocycles. The molecule has 0 unspecified atom stereocenters. The molecule has 1 saturated heterocycles. The Hall–Kier alpha value is -2.05. The van der Waals surface area contributed by atoms with Gasteiger partial charge in [0.25, 0.3) is 11.1 Å². The zero-order valence-corrected chi connectivity index (χ0v) is 13.2. The third-order valence-electron chi connectivity index (χ3n) is 3.06. The van der Waals surface area contributed by atoms with Gasteiger partial charge in [0, 0.05) is 6.42 Å². The Kier molecular flexibility index (Phi) is 4.60. The third-order valence-corrected chi connectivity index (χ3v) is 4.60. The molecule has 4 nitrogen and oxygen atoms in total. The molecule has 1 aliphatic heterocycles. The molecule has 0 atom stereocenters. The summed E-state index contributed by atoms with van der Waals surface area (Å²) in [6.45, 7) is 0.629. The molecule has 2 amide bonds. The summed E-state index contributed by atoms with van der Waals surface area (Å²) in [6, 6.07) is 9.54. The zero-order valence-electron chi connectivity index (χ0n) is 11.6. The molecule has 0 spiro atoms. The second-order valence-corrected chi connectivity index (χ2v) is 6.45. The van der Waals surface area contributed by atoms with E-state index in [0.29, 0.717) is 11.5 Å². The van der Waals surface area contributed by atoms with Gasteiger partial charge >= 0.3 is 0 Å². The van der Waals surface area contributed by atoms with Crippen LogP contribution >= 0.6 is 23.1 Å². The standard InChI is InChI=1S/C16H13NO3S2/c18-15-14(22-16(19)17-15)9-11-1-3-13(4-2-11)20-7-5-12-6-8-21-10-12/h1-4,6,8-10H,5,7H2,(H,17,18,19)/b14-9-. The van der Waals surface area contributed by atoms with Crippen LogP contribution in [0.3, 0.4) is 0 Å². The molecule has 3 rings (SSSR count). The van der Waals surface area contributed by atoms with Crippen LogP contribution < -0.4 is 10.1 Å². The van der Waals surface area contributed by atoms with E-state index in [0.717, 1.165) is 29.5 Å². The molecule has 1 aromatic heterocycles. The summed E-state index contributed by atoms with van der Waals surface area (Å²) in [7, 11) is 0. The summed E-state index contributed by atoms with van der Waals surface area (Å²) in [5.74, 6) is 0.447. The first-order valence-electron chi connectivity index (χ1n) is 6.69. The normalized spacial score (nSPS) is 16.1. The molecular formula is C16H13NO3S2. The van der Waals surface area contributed by atoms with Crippen molar-refractivity contribution in [2.75, 3.05) is 6.61 Å². The number of thioether (sulfide) groups is 1. The molecule has 0 radical (unpaired) electrons. The number of nitrogens with one attached hydrogen (secondary N) is 1. The minimum absolute atomic E-state index is 0.329. The van der Waals surface area contributed by atoms with Gasteiger partial charge in [0.1, 0.15) is 5.75 Å². The van der Waals surface area contributed by atoms with E-state index in [1.807, 2.05) is 24.3 Å². The molecule has 1 N–H and O–H groups in total. The van der Waals surface area contributed by atoms with Gasteiger partial charge in [0.15, 0.2) is 0 Å². The average molecular weight is 331 g/mol. The molecule has 0 aliphatic carbocycles. The Morgan fingerprint density at radius 1 is 1.14 bits per heavy atom. The fourth-order valence-electron chi connectivity index (χ4n) is 1.95. The summed E-state index contributed by atoms with van der Waals surface area (Å²) >= 11 is 2.60. The number of thiophene rings is 1. The molecule has 6 heteroatoms. The molecule has 0 bridgehead atoms. The number of hydrogen-bond donors (Lipinski definition) is 1. The smallest absolute Gasteiger partial charge is 0.290 e. The maximum Gasteiger partial charge on any atom is 0.290 e. The van der Waals surface area contributed by atoms with E-state index in [-0.39, 0.29) is 11.1 Å². The predicted octanol–water partition coefficient (Wildman–Crippen LogP) is 3.69. The van der Waals surface area contributed by atoms with Crippen LogP contribution in [0.4, 0.5) is 4.79 Å². The van der Waals surface area contributed by atoms with E-state index in [9.17, 15) is 9.59 Å². The first-order valence-corrected chi connectivity index (χ1v) is 8.45. The van der Waals surface area contributed by atoms with Gasteiger partial charge in [-0.3, -0.25) is 14.9 Å². The lowest BCUT2D eigenvalue weighted by Crippen LogP contribution is -2.17. The molecule has 1 fully saturated rings. The highest BCUT2D eigenvalue weighted by Gasteiger charge is 2.24. The summed E-state index contributed by atoms with van der Waals surface area (Å²) in [6.07, 6.45) is 2.58. The van der Waals surface area contributed by atoms with Gasteiger partial charge in [-0.1, -0.05) is 12.1 Å². The van der Waals surface area contributed by atoms with Crippen LogP contribution in [0.1, 0.15) is 11.1 Å². The SMILES string of the molecule is O=C1NC(=O)/C(=C/c2ccc(OCCc3ccsc3)cc2)S1. The number of rotatable bonds is 5. The molecular weight excluding hydrogens is 318 g/mol. The average Bonchev–Trinajstić information content (AvgIpc) is 3.11. The summed E-state index contributed by atoms with van der Waals surface area (Å²) in [5, 5.41) is 6.07. The number of imide groups is 1. The lowest BCUT2D eigenvalue weighted by atomic mass is 10.2. The van der Waals surface area contributed by atoms with Gasteiger partial charge in [-0.2, -0.15) is 11.3 Å². The van der Waals surface area contributed by atoms with Gasteiger partial charge in [0.05, 0.1) is 11.5 Å². The number of amides is 2. The van der Waals surface area contributed by atoms with Gasteiger partial charge in [-0.15, -0.1) is 0 Å². The van der Waals surface area contributed by atoms with E-state index >= 15 is 0 Å². The van der Waals surface area contributed by atoms with Crippen LogP contribution in [0.15, 0.2) is 46.0 Å². The number of ether oxygens (including phenoxy) is 1. The Morgan fingerprint density at radius 2 is 1.95 bits per heavy atom. The van der Waals surface area contributed by atoms with E-state index in [1.165, 1.54) is 5.56 Å². The minimum atomic E-state index is -0.342. The van der Waals surface area contributed by atoms with Gasteiger partial charge < -0.3 is 4.74 Å². The lowest BCUT2D eigenvalue weighted by molar-refractivity contribution is -0.115. The molecule has 2 heterocycles. The van der Waals surface area contributed by atoms with Crippen LogP contribution in [-0.2, 0) is 11.2 Å². The summed E-state index contributed by atoms with van der Waals surface area (Å²) < 4.78 is 5.69. The Labute approximate surface area is 136 Å². The summed E-state index contributed by atoms with van der Waals surface area (Å²) in [5.41, 5.74) is 2.14. The van der Waals surface area contributed by atoms with Crippen molar-refractivity contribution in [1.82, 2.24) is 5.32 Å². The number of carbonyl (C=O) groups excluding carboxylic acids is 2. The summed E-state index contributed by atoms with van der Waals surface area (Å²) in [4.78, 5) is 23.0. The highest BCUT2D eigenvalue weighted by Crippen LogP contribution is 2.26. The van der Waals surface area contributed by atoms with E-state index in [4.69, 9.17) is 4.74 Å². The zero-order chi connectivity index (χ0) is 15.4. The van der Waals surface area contributed by atoms with Crippen molar-refractivity contribution in [2.24, 2.45) is 0 Å². The largest absolute Gasteiger partial charge is 0.493 e. The molecule has 2 aromatic rings. The maximum absolute atomic E-state index is 11.5. The highest BCUT2D eigenvalue weighted by atomic mass is 32.2. The Balaban J connectivity index is 1.57. The van der Waals surface area contributed by atoms with Crippen molar-refractivity contribution in [1.29, 1.82) is 0 Å². The molecule has 22 heavy (non-hydrogen) atoms. The topological polar surface area (TPSA) is 55.4 Å². The minimum Gasteiger partial charge on any atom is -0.493 e. The van der Waals surface area contributed by atoms with Crippen LogP contribution in [0.5, 0.6) is 5.75 Å². The highest BCUT2D eigenvalue weighted by molar-refractivity contribution is 8.18. The van der Waals surface area contributed by atoms with Crippen LogP contribution in [-0.4, -0.2) is 17.8 Å². The fraction of sp³-hybridized carbons (Fsp3) is 0.125. The molecule has 1 aliphatic rings. The van der Waals surface area contributed by atoms with Crippen LogP contribution in [0, 0.1) is 0 Å². The second-order valence-electron chi connectivity index (χ2n) is 4.65. The first kappa shape index (κ1) is 14.9.